The lowest BCUT2D eigenvalue weighted by molar-refractivity contribution is -0.384. The highest BCUT2D eigenvalue weighted by Gasteiger charge is 2.35. The molecule has 2 aromatic rings. The number of hydrogen-bond donors (Lipinski definition) is 1. The molecule has 1 heterocycles. The molecular formula is C22H20ClN3O6S. The van der Waals surface area contributed by atoms with Crippen molar-refractivity contribution in [3.8, 4) is 5.75 Å². The highest BCUT2D eigenvalue weighted by molar-refractivity contribution is 8.18. The van der Waals surface area contributed by atoms with E-state index in [-0.39, 0.29) is 23.7 Å². The number of imide groups is 1. The Morgan fingerprint density at radius 1 is 1.18 bits per heavy atom. The number of benzene rings is 2. The SMILES string of the molecule is CC(C)(Oc1ccc(Cl)cc1)C(=O)NCCN1C(=O)SC(=Cc2ccc([N+](=O)[O-])cc2)C1=O. The first kappa shape index (κ1) is 24.3. The summed E-state index contributed by atoms with van der Waals surface area (Å²) in [4.78, 5) is 48.9. The summed E-state index contributed by atoms with van der Waals surface area (Å²) in [6, 6.07) is 12.2. The fourth-order valence-corrected chi connectivity index (χ4v) is 3.87. The lowest BCUT2D eigenvalue weighted by Gasteiger charge is -2.25. The normalized spacial score (nSPS) is 15.1. The molecule has 0 bridgehead atoms. The average Bonchev–Trinajstić information content (AvgIpc) is 3.02. The smallest absolute Gasteiger partial charge is 0.293 e. The maximum Gasteiger partial charge on any atom is 0.293 e. The van der Waals surface area contributed by atoms with E-state index in [4.69, 9.17) is 16.3 Å². The highest BCUT2D eigenvalue weighted by atomic mass is 35.5. The van der Waals surface area contributed by atoms with Crippen LogP contribution in [-0.2, 0) is 9.59 Å². The zero-order chi connectivity index (χ0) is 24.2. The molecule has 1 N–H and O–H groups in total. The molecular weight excluding hydrogens is 470 g/mol. The summed E-state index contributed by atoms with van der Waals surface area (Å²) in [5, 5.41) is 13.5. The zero-order valence-electron chi connectivity index (χ0n) is 17.7. The number of amides is 3. The molecule has 33 heavy (non-hydrogen) atoms. The van der Waals surface area contributed by atoms with Crippen molar-refractivity contribution in [2.24, 2.45) is 0 Å². The van der Waals surface area contributed by atoms with E-state index in [0.717, 1.165) is 16.7 Å². The Morgan fingerprint density at radius 2 is 1.82 bits per heavy atom. The number of nitro benzene ring substituents is 1. The third-order valence-corrected chi connectivity index (χ3v) is 5.79. The highest BCUT2D eigenvalue weighted by Crippen LogP contribution is 2.32. The van der Waals surface area contributed by atoms with Crippen LogP contribution >= 0.6 is 23.4 Å². The zero-order valence-corrected chi connectivity index (χ0v) is 19.3. The molecule has 0 radical (unpaired) electrons. The molecule has 0 spiro atoms. The van der Waals surface area contributed by atoms with E-state index in [1.807, 2.05) is 0 Å². The van der Waals surface area contributed by atoms with Gasteiger partial charge in [0.25, 0.3) is 22.7 Å². The van der Waals surface area contributed by atoms with Crippen molar-refractivity contribution in [3.05, 3.63) is 74.1 Å². The first-order valence-corrected chi connectivity index (χ1v) is 11.0. The Labute approximate surface area is 198 Å². The fourth-order valence-electron chi connectivity index (χ4n) is 2.87. The quantitative estimate of drug-likeness (QED) is 0.334. The van der Waals surface area contributed by atoms with Crippen molar-refractivity contribution in [2.45, 2.75) is 19.4 Å². The number of nitrogens with zero attached hydrogens (tertiary/aromatic N) is 2. The van der Waals surface area contributed by atoms with Crippen LogP contribution in [0.15, 0.2) is 53.4 Å². The van der Waals surface area contributed by atoms with E-state index < -0.39 is 27.6 Å². The van der Waals surface area contributed by atoms with Crippen LogP contribution in [0.1, 0.15) is 19.4 Å². The minimum absolute atomic E-state index is 0.00890. The number of ether oxygens (including phenoxy) is 1. The summed E-state index contributed by atoms with van der Waals surface area (Å²) in [7, 11) is 0. The second kappa shape index (κ2) is 10.1. The Balaban J connectivity index is 1.56. The molecule has 1 fully saturated rings. The minimum Gasteiger partial charge on any atom is -0.478 e. The number of hydrogen-bond acceptors (Lipinski definition) is 7. The van der Waals surface area contributed by atoms with Crippen LogP contribution in [0, 0.1) is 10.1 Å². The minimum atomic E-state index is -1.19. The van der Waals surface area contributed by atoms with Gasteiger partial charge in [0.05, 0.1) is 9.83 Å². The fraction of sp³-hybridized carbons (Fsp3) is 0.227. The Kier molecular flexibility index (Phi) is 7.39. The summed E-state index contributed by atoms with van der Waals surface area (Å²) in [6.07, 6.45) is 1.50. The molecule has 0 aromatic heterocycles. The lowest BCUT2D eigenvalue weighted by Crippen LogP contribution is -2.48. The third-order valence-electron chi connectivity index (χ3n) is 4.63. The molecule has 3 rings (SSSR count). The molecule has 2 aromatic carbocycles. The van der Waals surface area contributed by atoms with Crippen LogP contribution in [0.3, 0.4) is 0 Å². The van der Waals surface area contributed by atoms with Crippen molar-refractivity contribution in [2.75, 3.05) is 13.1 Å². The second-order valence-corrected chi connectivity index (χ2v) is 8.93. The molecule has 9 nitrogen and oxygen atoms in total. The first-order chi connectivity index (χ1) is 15.6. The van der Waals surface area contributed by atoms with Crippen molar-refractivity contribution in [1.82, 2.24) is 10.2 Å². The summed E-state index contributed by atoms with van der Waals surface area (Å²) in [6.45, 7) is 3.24. The van der Waals surface area contributed by atoms with Gasteiger partial charge in [-0.3, -0.25) is 29.4 Å². The van der Waals surface area contributed by atoms with E-state index in [9.17, 15) is 24.5 Å². The molecule has 0 aliphatic carbocycles. The predicted octanol–water partition coefficient (Wildman–Crippen LogP) is 4.26. The number of carbonyl (C=O) groups is 3. The summed E-state index contributed by atoms with van der Waals surface area (Å²) in [5.74, 6) is -0.429. The molecule has 0 saturated carbocycles. The number of thioether (sulfide) groups is 1. The van der Waals surface area contributed by atoms with Crippen LogP contribution in [0.2, 0.25) is 5.02 Å². The van der Waals surface area contributed by atoms with Gasteiger partial charge in [0.1, 0.15) is 5.75 Å². The Morgan fingerprint density at radius 3 is 2.42 bits per heavy atom. The molecule has 172 valence electrons. The van der Waals surface area contributed by atoms with Crippen molar-refractivity contribution in [3.63, 3.8) is 0 Å². The monoisotopic (exact) mass is 489 g/mol. The predicted molar refractivity (Wildman–Crippen MR) is 125 cm³/mol. The maximum absolute atomic E-state index is 12.6. The number of halogens is 1. The molecule has 0 unspecified atom stereocenters. The maximum atomic E-state index is 12.6. The van der Waals surface area contributed by atoms with E-state index in [1.54, 1.807) is 38.1 Å². The molecule has 3 amide bonds. The van der Waals surface area contributed by atoms with Gasteiger partial charge in [0, 0.05) is 30.2 Å². The number of nitro groups is 1. The largest absolute Gasteiger partial charge is 0.478 e. The van der Waals surface area contributed by atoms with Crippen molar-refractivity contribution < 1.29 is 24.0 Å². The Bertz CT molecular complexity index is 1120. The van der Waals surface area contributed by atoms with Gasteiger partial charge in [0.15, 0.2) is 5.60 Å². The number of carbonyl (C=O) groups excluding carboxylic acids is 3. The topological polar surface area (TPSA) is 119 Å². The van der Waals surface area contributed by atoms with Crippen molar-refractivity contribution in [1.29, 1.82) is 0 Å². The number of non-ortho nitro benzene ring substituents is 1. The third kappa shape index (κ3) is 6.11. The van der Waals surface area contributed by atoms with Gasteiger partial charge in [-0.05, 0) is 73.6 Å². The van der Waals surface area contributed by atoms with Crippen LogP contribution in [0.5, 0.6) is 5.75 Å². The molecule has 11 heteroatoms. The van der Waals surface area contributed by atoms with Crippen LogP contribution in [-0.4, -0.2) is 45.6 Å². The van der Waals surface area contributed by atoms with Gasteiger partial charge >= 0.3 is 0 Å². The van der Waals surface area contributed by atoms with E-state index in [2.05, 4.69) is 5.32 Å². The molecule has 1 aliphatic heterocycles. The van der Waals surface area contributed by atoms with Gasteiger partial charge in [0.2, 0.25) is 0 Å². The summed E-state index contributed by atoms with van der Waals surface area (Å²) in [5.41, 5.74) is -0.706. The van der Waals surface area contributed by atoms with Gasteiger partial charge in [-0.25, -0.2) is 0 Å². The molecule has 1 aliphatic rings. The van der Waals surface area contributed by atoms with Crippen LogP contribution < -0.4 is 10.1 Å². The van der Waals surface area contributed by atoms with Crippen LogP contribution in [0.25, 0.3) is 6.08 Å². The Hall–Kier alpha value is -3.37. The summed E-state index contributed by atoms with van der Waals surface area (Å²) >= 11 is 6.62. The molecule has 1 saturated heterocycles. The second-order valence-electron chi connectivity index (χ2n) is 7.50. The molecule has 0 atom stereocenters. The van der Waals surface area contributed by atoms with Crippen molar-refractivity contribution >= 4 is 52.2 Å². The summed E-state index contributed by atoms with van der Waals surface area (Å²) < 4.78 is 5.72. The van der Waals surface area contributed by atoms with Gasteiger partial charge < -0.3 is 10.1 Å². The van der Waals surface area contributed by atoms with E-state index >= 15 is 0 Å². The first-order valence-electron chi connectivity index (χ1n) is 9.79. The standard InChI is InChI=1S/C22H20ClN3O6S/c1-22(2,32-17-9-5-15(23)6-10-17)20(28)24-11-12-25-19(27)18(33-21(25)29)13-14-3-7-16(8-4-14)26(30)31/h3-10,13H,11-12H2,1-2H3,(H,24,28). The average molecular weight is 490 g/mol. The number of nitrogens with one attached hydrogen (secondary N) is 1. The number of rotatable bonds is 8. The van der Waals surface area contributed by atoms with Gasteiger partial charge in [-0.15, -0.1) is 0 Å². The van der Waals surface area contributed by atoms with E-state index in [1.165, 1.54) is 30.3 Å². The van der Waals surface area contributed by atoms with Crippen LogP contribution in [0.4, 0.5) is 10.5 Å². The van der Waals surface area contributed by atoms with E-state index in [0.29, 0.717) is 16.3 Å². The van der Waals surface area contributed by atoms with Gasteiger partial charge in [-0.2, -0.15) is 0 Å². The lowest BCUT2D eigenvalue weighted by atomic mass is 10.1. The van der Waals surface area contributed by atoms with Gasteiger partial charge in [-0.1, -0.05) is 11.6 Å².